The topological polar surface area (TPSA) is 77.7 Å². The van der Waals surface area contributed by atoms with Crippen LogP contribution in [0.4, 0.5) is 9.18 Å². The summed E-state index contributed by atoms with van der Waals surface area (Å²) in [7, 11) is 0. The minimum Gasteiger partial charge on any atom is -0.444 e. The largest absolute Gasteiger partial charge is 0.444 e. The molecule has 6 nitrogen and oxygen atoms in total. The fourth-order valence-corrected chi connectivity index (χ4v) is 2.30. The lowest BCUT2D eigenvalue weighted by Crippen LogP contribution is -2.54. The number of ether oxygens (including phenoxy) is 2. The van der Waals surface area contributed by atoms with Gasteiger partial charge in [-0.15, -0.1) is 0 Å². The van der Waals surface area contributed by atoms with Crippen molar-refractivity contribution >= 4 is 6.09 Å². The van der Waals surface area contributed by atoms with E-state index < -0.39 is 29.6 Å². The Morgan fingerprint density at radius 1 is 1.55 bits per heavy atom. The molecule has 2 unspecified atom stereocenters. The molecule has 1 fully saturated rings. The standard InChI is InChI=1S/C15H22FN3O3/c1-15(2,3)22-14(20)19-4-5-21-9-12(19)13(17)10-6-11(16)8-18-7-10/h6-8,12-13H,4-5,9,17H2,1-3H3. The summed E-state index contributed by atoms with van der Waals surface area (Å²) in [6.07, 6.45) is 2.16. The van der Waals surface area contributed by atoms with E-state index in [0.29, 0.717) is 18.7 Å². The van der Waals surface area contributed by atoms with E-state index in [4.69, 9.17) is 15.2 Å². The summed E-state index contributed by atoms with van der Waals surface area (Å²) in [4.78, 5) is 17.7. The monoisotopic (exact) mass is 311 g/mol. The van der Waals surface area contributed by atoms with Gasteiger partial charge in [-0.2, -0.15) is 0 Å². The molecule has 1 aromatic rings. The molecule has 2 atom stereocenters. The van der Waals surface area contributed by atoms with Gasteiger partial charge in [0.25, 0.3) is 0 Å². The first-order chi connectivity index (χ1) is 10.3. The Morgan fingerprint density at radius 2 is 2.27 bits per heavy atom. The molecule has 1 aliphatic rings. The summed E-state index contributed by atoms with van der Waals surface area (Å²) in [5.74, 6) is -0.464. The average molecular weight is 311 g/mol. The van der Waals surface area contributed by atoms with Crippen LogP contribution in [0, 0.1) is 5.82 Å². The van der Waals surface area contributed by atoms with Gasteiger partial charge in [-0.05, 0) is 32.4 Å². The molecule has 0 aliphatic carbocycles. The number of morpholine rings is 1. The molecule has 0 aromatic carbocycles. The number of rotatable bonds is 2. The van der Waals surface area contributed by atoms with Crippen LogP contribution >= 0.6 is 0 Å². The molecule has 0 bridgehead atoms. The van der Waals surface area contributed by atoms with E-state index in [1.807, 2.05) is 0 Å². The first-order valence-corrected chi connectivity index (χ1v) is 7.21. The lowest BCUT2D eigenvalue weighted by molar-refractivity contribution is -0.0382. The van der Waals surface area contributed by atoms with Crippen molar-refractivity contribution in [3.05, 3.63) is 29.8 Å². The second-order valence-electron chi connectivity index (χ2n) is 6.28. The van der Waals surface area contributed by atoms with E-state index in [1.54, 1.807) is 25.7 Å². The summed E-state index contributed by atoms with van der Waals surface area (Å²) < 4.78 is 24.1. The maximum Gasteiger partial charge on any atom is 0.410 e. The van der Waals surface area contributed by atoms with Gasteiger partial charge in [0.15, 0.2) is 0 Å². The number of nitrogens with zero attached hydrogens (tertiary/aromatic N) is 2. The second-order valence-corrected chi connectivity index (χ2v) is 6.28. The molecular weight excluding hydrogens is 289 g/mol. The number of halogens is 1. The number of nitrogens with two attached hydrogens (primary N) is 1. The summed E-state index contributed by atoms with van der Waals surface area (Å²) in [6, 6.07) is 0.294. The lowest BCUT2D eigenvalue weighted by atomic mass is 10.0. The predicted molar refractivity (Wildman–Crippen MR) is 78.7 cm³/mol. The van der Waals surface area contributed by atoms with Crippen molar-refractivity contribution in [3.63, 3.8) is 0 Å². The Balaban J connectivity index is 2.17. The van der Waals surface area contributed by atoms with E-state index in [9.17, 15) is 9.18 Å². The van der Waals surface area contributed by atoms with E-state index in [-0.39, 0.29) is 6.61 Å². The highest BCUT2D eigenvalue weighted by molar-refractivity contribution is 5.69. The highest BCUT2D eigenvalue weighted by Gasteiger charge is 2.35. The number of hydrogen-bond acceptors (Lipinski definition) is 5. The van der Waals surface area contributed by atoms with Gasteiger partial charge in [0, 0.05) is 12.7 Å². The van der Waals surface area contributed by atoms with Gasteiger partial charge in [0.1, 0.15) is 11.4 Å². The van der Waals surface area contributed by atoms with Crippen LogP contribution in [0.2, 0.25) is 0 Å². The van der Waals surface area contributed by atoms with Crippen LogP contribution in [-0.2, 0) is 9.47 Å². The van der Waals surface area contributed by atoms with Crippen LogP contribution in [0.15, 0.2) is 18.5 Å². The molecule has 7 heteroatoms. The van der Waals surface area contributed by atoms with Gasteiger partial charge in [-0.25, -0.2) is 9.18 Å². The maximum absolute atomic E-state index is 13.3. The quantitative estimate of drug-likeness (QED) is 0.902. The Morgan fingerprint density at radius 3 is 2.91 bits per heavy atom. The normalized spacial score (nSPS) is 20.6. The molecule has 2 rings (SSSR count). The van der Waals surface area contributed by atoms with Gasteiger partial charge in [0.2, 0.25) is 0 Å². The number of carbonyl (C=O) groups is 1. The van der Waals surface area contributed by atoms with E-state index in [2.05, 4.69) is 4.98 Å². The van der Waals surface area contributed by atoms with Crippen molar-refractivity contribution in [2.75, 3.05) is 19.8 Å². The van der Waals surface area contributed by atoms with Crippen molar-refractivity contribution in [1.29, 1.82) is 0 Å². The fourth-order valence-electron chi connectivity index (χ4n) is 2.30. The zero-order valence-corrected chi connectivity index (χ0v) is 13.1. The van der Waals surface area contributed by atoms with Crippen LogP contribution in [0.25, 0.3) is 0 Å². The predicted octanol–water partition coefficient (Wildman–Crippen LogP) is 1.86. The number of hydrogen-bond donors (Lipinski definition) is 1. The second kappa shape index (κ2) is 6.58. The minimum absolute atomic E-state index is 0.275. The third-order valence-corrected chi connectivity index (χ3v) is 3.32. The Hall–Kier alpha value is -1.73. The Kier molecular flexibility index (Phi) is 4.97. The molecule has 0 radical (unpaired) electrons. The van der Waals surface area contributed by atoms with Gasteiger partial charge >= 0.3 is 6.09 Å². The number of aromatic nitrogens is 1. The zero-order valence-electron chi connectivity index (χ0n) is 13.1. The van der Waals surface area contributed by atoms with Crippen molar-refractivity contribution in [3.8, 4) is 0 Å². The molecule has 122 valence electrons. The van der Waals surface area contributed by atoms with Crippen molar-refractivity contribution in [2.24, 2.45) is 5.73 Å². The van der Waals surface area contributed by atoms with Gasteiger partial charge in [-0.3, -0.25) is 9.88 Å². The third-order valence-electron chi connectivity index (χ3n) is 3.32. The highest BCUT2D eigenvalue weighted by Crippen LogP contribution is 2.23. The molecule has 22 heavy (non-hydrogen) atoms. The molecular formula is C15H22FN3O3. The smallest absolute Gasteiger partial charge is 0.410 e. The van der Waals surface area contributed by atoms with Gasteiger partial charge in [-0.1, -0.05) is 0 Å². The van der Waals surface area contributed by atoms with Gasteiger partial charge < -0.3 is 15.2 Å². The molecule has 2 N–H and O–H groups in total. The van der Waals surface area contributed by atoms with Crippen LogP contribution in [-0.4, -0.2) is 47.4 Å². The summed E-state index contributed by atoms with van der Waals surface area (Å²) in [5, 5.41) is 0. The molecule has 0 saturated carbocycles. The number of pyridine rings is 1. The van der Waals surface area contributed by atoms with Crippen molar-refractivity contribution < 1.29 is 18.7 Å². The molecule has 1 aliphatic heterocycles. The Bertz CT molecular complexity index is 533. The molecule has 1 amide bonds. The van der Waals surface area contributed by atoms with Crippen LogP contribution in [0.5, 0.6) is 0 Å². The first-order valence-electron chi connectivity index (χ1n) is 7.21. The summed E-state index contributed by atoms with van der Waals surface area (Å²) >= 11 is 0. The average Bonchev–Trinajstić information content (AvgIpc) is 2.44. The zero-order chi connectivity index (χ0) is 16.3. The fraction of sp³-hybridized carbons (Fsp3) is 0.600. The van der Waals surface area contributed by atoms with Crippen LogP contribution < -0.4 is 5.73 Å². The Labute approximate surface area is 129 Å². The third kappa shape index (κ3) is 4.14. The SMILES string of the molecule is CC(C)(C)OC(=O)N1CCOCC1C(N)c1cncc(F)c1. The van der Waals surface area contributed by atoms with Crippen LogP contribution in [0.3, 0.4) is 0 Å². The van der Waals surface area contributed by atoms with E-state index in [0.717, 1.165) is 6.20 Å². The maximum atomic E-state index is 13.3. The van der Waals surface area contributed by atoms with Crippen molar-refractivity contribution in [2.45, 2.75) is 38.5 Å². The first kappa shape index (κ1) is 16.6. The molecule has 0 spiro atoms. The van der Waals surface area contributed by atoms with Crippen molar-refractivity contribution in [1.82, 2.24) is 9.88 Å². The number of amides is 1. The molecule has 1 aromatic heterocycles. The van der Waals surface area contributed by atoms with Gasteiger partial charge in [0.05, 0.1) is 31.5 Å². The van der Waals surface area contributed by atoms with Crippen LogP contribution in [0.1, 0.15) is 32.4 Å². The van der Waals surface area contributed by atoms with E-state index in [1.165, 1.54) is 12.3 Å². The molecule has 1 saturated heterocycles. The number of carbonyl (C=O) groups excluding carboxylic acids is 1. The minimum atomic E-state index is -0.601. The molecule has 2 heterocycles. The summed E-state index contributed by atoms with van der Waals surface area (Å²) in [5.41, 5.74) is 6.12. The summed E-state index contributed by atoms with van der Waals surface area (Å²) in [6.45, 7) is 6.49. The highest BCUT2D eigenvalue weighted by atomic mass is 19.1. The van der Waals surface area contributed by atoms with E-state index >= 15 is 0 Å². The lowest BCUT2D eigenvalue weighted by Gasteiger charge is -2.39.